The van der Waals surface area contributed by atoms with Gasteiger partial charge >= 0.3 is 0 Å². The Bertz CT molecular complexity index is 345. The van der Waals surface area contributed by atoms with Gasteiger partial charge in [0, 0.05) is 10.9 Å². The molecule has 0 aliphatic heterocycles. The first-order valence-electron chi connectivity index (χ1n) is 5.75. The van der Waals surface area contributed by atoms with Gasteiger partial charge in [0.15, 0.2) is 0 Å². The molecule has 0 amide bonds. The number of alkyl halides is 1. The summed E-state index contributed by atoms with van der Waals surface area (Å²) >= 11 is 6.19. The first kappa shape index (κ1) is 11.8. The molecule has 1 fully saturated rings. The molecule has 1 aliphatic carbocycles. The van der Waals surface area contributed by atoms with Gasteiger partial charge in [0.1, 0.15) is 11.6 Å². The molecular weight excluding hydrogens is 230 g/mol. The quantitative estimate of drug-likeness (QED) is 0.681. The average molecular weight is 245 g/mol. The van der Waals surface area contributed by atoms with E-state index in [4.69, 9.17) is 11.6 Å². The van der Waals surface area contributed by atoms with Gasteiger partial charge in [-0.05, 0) is 37.3 Å². The Balaban J connectivity index is 2.13. The Morgan fingerprint density at radius 3 is 2.38 bits per heavy atom. The number of benzene rings is 1. The van der Waals surface area contributed by atoms with Crippen LogP contribution in [-0.4, -0.2) is 5.38 Å². The van der Waals surface area contributed by atoms with Crippen LogP contribution in [0.25, 0.3) is 0 Å². The van der Waals surface area contributed by atoms with Crippen LogP contribution in [0.2, 0.25) is 0 Å². The lowest BCUT2D eigenvalue weighted by Gasteiger charge is -2.27. The fraction of sp³-hybridized carbons (Fsp3) is 0.538. The van der Waals surface area contributed by atoms with E-state index in [0.717, 1.165) is 25.7 Å². The lowest BCUT2D eigenvalue weighted by Crippen LogP contribution is -2.22. The summed E-state index contributed by atoms with van der Waals surface area (Å²) in [6.07, 6.45) is 4.60. The van der Waals surface area contributed by atoms with Crippen LogP contribution in [0.4, 0.5) is 8.78 Å². The maximum absolute atomic E-state index is 13.4. The highest BCUT2D eigenvalue weighted by Crippen LogP contribution is 2.32. The molecular formula is C13H15ClF2. The first-order valence-corrected chi connectivity index (χ1v) is 6.19. The molecule has 0 bridgehead atoms. The highest BCUT2D eigenvalue weighted by Gasteiger charge is 2.25. The van der Waals surface area contributed by atoms with Crippen LogP contribution >= 0.6 is 11.6 Å². The Kier molecular flexibility index (Phi) is 3.80. The second-order valence-electron chi connectivity index (χ2n) is 4.46. The molecule has 3 heteroatoms. The third-order valence-electron chi connectivity index (χ3n) is 3.34. The first-order chi connectivity index (χ1) is 7.68. The second-order valence-corrected chi connectivity index (χ2v) is 5.03. The summed E-state index contributed by atoms with van der Waals surface area (Å²) in [6.45, 7) is 0. The minimum absolute atomic E-state index is 0.0627. The Labute approximate surface area is 99.6 Å². The van der Waals surface area contributed by atoms with E-state index in [1.807, 2.05) is 0 Å². The molecule has 0 heterocycles. The molecule has 1 aromatic rings. The SMILES string of the molecule is Fc1cccc(F)c1CC1CCCCC1Cl. The minimum atomic E-state index is -0.450. The highest BCUT2D eigenvalue weighted by atomic mass is 35.5. The van der Waals surface area contributed by atoms with E-state index < -0.39 is 11.6 Å². The van der Waals surface area contributed by atoms with E-state index in [1.165, 1.54) is 18.2 Å². The summed E-state index contributed by atoms with van der Waals surface area (Å²) in [5.41, 5.74) is 0.194. The van der Waals surface area contributed by atoms with Gasteiger partial charge in [-0.2, -0.15) is 0 Å². The van der Waals surface area contributed by atoms with Gasteiger partial charge in [-0.15, -0.1) is 11.6 Å². The van der Waals surface area contributed by atoms with E-state index in [-0.39, 0.29) is 16.9 Å². The predicted molar refractivity (Wildman–Crippen MR) is 61.7 cm³/mol. The predicted octanol–water partition coefficient (Wildman–Crippen LogP) is 4.30. The second kappa shape index (κ2) is 5.13. The fourth-order valence-corrected chi connectivity index (χ4v) is 2.75. The number of hydrogen-bond acceptors (Lipinski definition) is 0. The van der Waals surface area contributed by atoms with Gasteiger partial charge in [0.25, 0.3) is 0 Å². The van der Waals surface area contributed by atoms with Gasteiger partial charge in [0.2, 0.25) is 0 Å². The lowest BCUT2D eigenvalue weighted by atomic mass is 9.84. The third kappa shape index (κ3) is 2.54. The summed E-state index contributed by atoms with van der Waals surface area (Å²) in [4.78, 5) is 0. The van der Waals surface area contributed by atoms with Gasteiger partial charge < -0.3 is 0 Å². The van der Waals surface area contributed by atoms with Crippen molar-refractivity contribution in [2.24, 2.45) is 5.92 Å². The van der Waals surface area contributed by atoms with Crippen molar-refractivity contribution in [1.82, 2.24) is 0 Å². The van der Waals surface area contributed by atoms with E-state index >= 15 is 0 Å². The molecule has 1 aliphatic rings. The van der Waals surface area contributed by atoms with Crippen LogP contribution in [0.1, 0.15) is 31.2 Å². The molecule has 0 spiro atoms. The van der Waals surface area contributed by atoms with Crippen molar-refractivity contribution in [2.75, 3.05) is 0 Å². The van der Waals surface area contributed by atoms with Crippen LogP contribution in [0.15, 0.2) is 18.2 Å². The fourth-order valence-electron chi connectivity index (χ4n) is 2.38. The van der Waals surface area contributed by atoms with Gasteiger partial charge in [-0.1, -0.05) is 18.9 Å². The van der Waals surface area contributed by atoms with E-state index in [1.54, 1.807) is 0 Å². The molecule has 2 atom stereocenters. The maximum atomic E-state index is 13.4. The van der Waals surface area contributed by atoms with Crippen molar-refractivity contribution in [2.45, 2.75) is 37.5 Å². The molecule has 2 rings (SSSR count). The molecule has 2 unspecified atom stereocenters. The van der Waals surface area contributed by atoms with Crippen LogP contribution in [0, 0.1) is 17.6 Å². The lowest BCUT2D eigenvalue weighted by molar-refractivity contribution is 0.355. The molecule has 1 aromatic carbocycles. The third-order valence-corrected chi connectivity index (χ3v) is 3.92. The molecule has 1 saturated carbocycles. The standard InChI is InChI=1S/C13H15ClF2/c14-11-5-2-1-4-9(11)8-10-12(15)6-3-7-13(10)16/h3,6-7,9,11H,1-2,4-5,8H2. The number of rotatable bonds is 2. The normalized spacial score (nSPS) is 25.7. The summed E-state index contributed by atoms with van der Waals surface area (Å²) in [6, 6.07) is 4.02. The van der Waals surface area contributed by atoms with E-state index in [2.05, 4.69) is 0 Å². The topological polar surface area (TPSA) is 0 Å². The number of hydrogen-bond donors (Lipinski definition) is 0. The van der Waals surface area contributed by atoms with Gasteiger partial charge in [-0.25, -0.2) is 8.78 Å². The zero-order valence-corrected chi connectivity index (χ0v) is 9.81. The monoisotopic (exact) mass is 244 g/mol. The van der Waals surface area contributed by atoms with Crippen molar-refractivity contribution < 1.29 is 8.78 Å². The highest BCUT2D eigenvalue weighted by molar-refractivity contribution is 6.20. The Morgan fingerprint density at radius 1 is 1.12 bits per heavy atom. The maximum Gasteiger partial charge on any atom is 0.129 e. The zero-order valence-electron chi connectivity index (χ0n) is 9.06. The van der Waals surface area contributed by atoms with Crippen LogP contribution < -0.4 is 0 Å². The largest absolute Gasteiger partial charge is 0.207 e. The van der Waals surface area contributed by atoms with Crippen molar-refractivity contribution >= 4 is 11.6 Å². The summed E-state index contributed by atoms with van der Waals surface area (Å²) in [7, 11) is 0. The molecule has 0 nitrogen and oxygen atoms in total. The zero-order chi connectivity index (χ0) is 11.5. The van der Waals surface area contributed by atoms with Crippen molar-refractivity contribution in [3.63, 3.8) is 0 Å². The molecule has 0 aromatic heterocycles. The summed E-state index contributed by atoms with van der Waals surface area (Å²) in [5, 5.41) is 0.0627. The molecule has 16 heavy (non-hydrogen) atoms. The minimum Gasteiger partial charge on any atom is -0.207 e. The van der Waals surface area contributed by atoms with E-state index in [9.17, 15) is 8.78 Å². The van der Waals surface area contributed by atoms with E-state index in [0.29, 0.717) is 6.42 Å². The van der Waals surface area contributed by atoms with Gasteiger partial charge in [-0.3, -0.25) is 0 Å². The van der Waals surface area contributed by atoms with Crippen molar-refractivity contribution in [3.05, 3.63) is 35.4 Å². The molecule has 88 valence electrons. The summed E-state index contributed by atoms with van der Waals surface area (Å²) in [5.74, 6) is -0.689. The van der Waals surface area contributed by atoms with Gasteiger partial charge in [0.05, 0.1) is 0 Å². The van der Waals surface area contributed by atoms with Crippen LogP contribution in [0.5, 0.6) is 0 Å². The summed E-state index contributed by atoms with van der Waals surface area (Å²) < 4.78 is 26.9. The molecule has 0 radical (unpaired) electrons. The Hall–Kier alpha value is -0.630. The van der Waals surface area contributed by atoms with Crippen LogP contribution in [-0.2, 0) is 6.42 Å². The molecule has 0 saturated heterocycles. The van der Waals surface area contributed by atoms with Crippen LogP contribution in [0.3, 0.4) is 0 Å². The smallest absolute Gasteiger partial charge is 0.129 e. The average Bonchev–Trinajstić information content (AvgIpc) is 2.26. The number of halogens is 3. The van der Waals surface area contributed by atoms with Crippen molar-refractivity contribution in [3.8, 4) is 0 Å². The molecule has 0 N–H and O–H groups in total. The van der Waals surface area contributed by atoms with Crippen molar-refractivity contribution in [1.29, 1.82) is 0 Å². The Morgan fingerprint density at radius 2 is 1.75 bits per heavy atom.